The van der Waals surface area contributed by atoms with Gasteiger partial charge in [-0.05, 0) is 25.1 Å². The van der Waals surface area contributed by atoms with Crippen molar-refractivity contribution in [3.63, 3.8) is 0 Å². The van der Waals surface area contributed by atoms with Crippen molar-refractivity contribution in [1.29, 1.82) is 0 Å². The lowest BCUT2D eigenvalue weighted by Crippen LogP contribution is -2.32. The smallest absolute Gasteiger partial charge is 0.396 e. The zero-order chi connectivity index (χ0) is 16.5. The molecule has 0 spiro atoms. The number of pyridine rings is 1. The first-order valence-corrected chi connectivity index (χ1v) is 7.09. The Labute approximate surface area is 133 Å². The average Bonchev–Trinajstić information content (AvgIpc) is 2.57. The van der Waals surface area contributed by atoms with E-state index in [2.05, 4.69) is 26.9 Å². The van der Waals surface area contributed by atoms with Gasteiger partial charge >= 0.3 is 11.9 Å². The molecular weight excluding hydrogens is 296 g/mol. The first kappa shape index (κ1) is 16.3. The molecule has 0 aliphatic carbocycles. The minimum Gasteiger partial charge on any atom is -0.481 e. The lowest BCUT2D eigenvalue weighted by molar-refractivity contribution is -0.154. The van der Waals surface area contributed by atoms with Gasteiger partial charge in [0.2, 0.25) is 0 Å². The zero-order valence-corrected chi connectivity index (χ0v) is 12.7. The lowest BCUT2D eigenvalue weighted by atomic mass is 10.2. The Morgan fingerprint density at radius 2 is 2.13 bits per heavy atom. The molecule has 0 fully saturated rings. The molecule has 6 nitrogen and oxygen atoms in total. The second-order valence-corrected chi connectivity index (χ2v) is 4.40. The van der Waals surface area contributed by atoms with Crippen molar-refractivity contribution in [3.05, 3.63) is 36.5 Å². The van der Waals surface area contributed by atoms with Crippen LogP contribution in [0.4, 0.5) is 0 Å². The summed E-state index contributed by atoms with van der Waals surface area (Å²) in [6.45, 7) is 2.02. The van der Waals surface area contributed by atoms with E-state index in [1.54, 1.807) is 13.1 Å². The Morgan fingerprint density at radius 1 is 1.26 bits per heavy atom. The molecule has 1 aromatic carbocycles. The summed E-state index contributed by atoms with van der Waals surface area (Å²) in [5.41, 5.74) is 0.847. The summed E-state index contributed by atoms with van der Waals surface area (Å²) in [6, 6.07) is 9.44. The van der Waals surface area contributed by atoms with Gasteiger partial charge in [-0.2, -0.15) is 0 Å². The van der Waals surface area contributed by atoms with E-state index in [4.69, 9.17) is 4.74 Å². The van der Waals surface area contributed by atoms with Crippen LogP contribution in [0.5, 0.6) is 5.75 Å². The number of hydrogen-bond donors (Lipinski definition) is 1. The van der Waals surface area contributed by atoms with Gasteiger partial charge in [0.1, 0.15) is 12.4 Å². The highest BCUT2D eigenvalue weighted by molar-refractivity contribution is 6.32. The summed E-state index contributed by atoms with van der Waals surface area (Å²) in [4.78, 5) is 26.5. The van der Waals surface area contributed by atoms with Crippen molar-refractivity contribution in [2.75, 3.05) is 19.8 Å². The summed E-state index contributed by atoms with van der Waals surface area (Å²) in [7, 11) is 0. The highest BCUT2D eigenvalue weighted by Gasteiger charge is 2.12. The summed E-state index contributed by atoms with van der Waals surface area (Å²) >= 11 is 0. The zero-order valence-electron chi connectivity index (χ0n) is 12.7. The quantitative estimate of drug-likeness (QED) is 0.523. The van der Waals surface area contributed by atoms with Crippen LogP contribution in [0, 0.1) is 11.8 Å². The van der Waals surface area contributed by atoms with Crippen LogP contribution in [0.3, 0.4) is 0 Å². The Balaban J connectivity index is 1.76. The van der Waals surface area contributed by atoms with Crippen molar-refractivity contribution >= 4 is 22.8 Å². The van der Waals surface area contributed by atoms with Gasteiger partial charge in [0, 0.05) is 17.6 Å². The van der Waals surface area contributed by atoms with Gasteiger partial charge in [0.15, 0.2) is 0 Å². The van der Waals surface area contributed by atoms with Crippen LogP contribution in [0.15, 0.2) is 36.5 Å². The minimum absolute atomic E-state index is 0.0558. The van der Waals surface area contributed by atoms with E-state index in [0.29, 0.717) is 5.75 Å². The van der Waals surface area contributed by atoms with Crippen molar-refractivity contribution in [2.24, 2.45) is 0 Å². The molecule has 2 aromatic rings. The largest absolute Gasteiger partial charge is 0.481 e. The monoisotopic (exact) mass is 312 g/mol. The molecule has 1 heterocycles. The van der Waals surface area contributed by atoms with Crippen LogP contribution >= 0.6 is 0 Å². The minimum atomic E-state index is -0.908. The highest BCUT2D eigenvalue weighted by Crippen LogP contribution is 2.18. The first-order chi connectivity index (χ1) is 11.2. The fourth-order valence-electron chi connectivity index (χ4n) is 1.76. The molecule has 23 heavy (non-hydrogen) atoms. The number of nitrogens with one attached hydrogen (secondary N) is 1. The van der Waals surface area contributed by atoms with Crippen LogP contribution in [-0.4, -0.2) is 36.6 Å². The number of amides is 1. The van der Waals surface area contributed by atoms with Crippen LogP contribution in [-0.2, 0) is 14.3 Å². The van der Waals surface area contributed by atoms with Gasteiger partial charge in [-0.25, -0.2) is 4.79 Å². The molecule has 6 heteroatoms. The van der Waals surface area contributed by atoms with Gasteiger partial charge in [-0.1, -0.05) is 17.9 Å². The van der Waals surface area contributed by atoms with Gasteiger partial charge in [-0.15, -0.1) is 0 Å². The van der Waals surface area contributed by atoms with Crippen LogP contribution in [0.25, 0.3) is 10.9 Å². The predicted octanol–water partition coefficient (Wildman–Crippen LogP) is 1.30. The number of hydrogen-bond acceptors (Lipinski definition) is 5. The maximum atomic E-state index is 11.2. The number of esters is 1. The molecule has 1 N–H and O–H groups in total. The molecule has 1 aromatic heterocycles. The molecule has 0 saturated heterocycles. The Hall–Kier alpha value is -3.07. The molecule has 118 valence electrons. The van der Waals surface area contributed by atoms with Gasteiger partial charge < -0.3 is 14.8 Å². The molecule has 0 atom stereocenters. The van der Waals surface area contributed by atoms with Crippen molar-refractivity contribution < 1.29 is 19.1 Å². The van der Waals surface area contributed by atoms with E-state index in [1.165, 1.54) is 0 Å². The molecule has 0 aliphatic heterocycles. The normalized spacial score (nSPS) is 9.61. The van der Waals surface area contributed by atoms with E-state index >= 15 is 0 Å². The third-order valence-electron chi connectivity index (χ3n) is 2.81. The number of aromatic nitrogens is 1. The molecule has 0 bridgehead atoms. The van der Waals surface area contributed by atoms with E-state index in [9.17, 15) is 9.59 Å². The fraction of sp³-hybridized carbons (Fsp3) is 0.235. The van der Waals surface area contributed by atoms with Crippen molar-refractivity contribution in [3.8, 4) is 17.6 Å². The van der Waals surface area contributed by atoms with Crippen molar-refractivity contribution in [1.82, 2.24) is 10.3 Å². The number of carbonyl (C=O) groups excluding carboxylic acids is 2. The van der Waals surface area contributed by atoms with Gasteiger partial charge in [-0.3, -0.25) is 9.78 Å². The Kier molecular flexibility index (Phi) is 5.95. The predicted molar refractivity (Wildman–Crippen MR) is 84.7 cm³/mol. The number of nitrogens with zero attached hydrogens (tertiary/aromatic N) is 1. The van der Waals surface area contributed by atoms with Crippen LogP contribution < -0.4 is 10.1 Å². The average molecular weight is 312 g/mol. The third kappa shape index (κ3) is 5.00. The number of rotatable bonds is 4. The molecule has 0 unspecified atom stereocenters. The molecule has 0 radical (unpaired) electrons. The second-order valence-electron chi connectivity index (χ2n) is 4.40. The van der Waals surface area contributed by atoms with Gasteiger partial charge in [0.25, 0.3) is 0 Å². The highest BCUT2D eigenvalue weighted by atomic mass is 16.5. The second kappa shape index (κ2) is 8.39. The number of benzene rings is 1. The Morgan fingerprint density at radius 3 is 2.96 bits per heavy atom. The Bertz CT molecular complexity index is 762. The first-order valence-electron chi connectivity index (χ1n) is 7.09. The molecule has 1 amide bonds. The lowest BCUT2D eigenvalue weighted by Gasteiger charge is -2.03. The standard InChI is InChI=1S/C17H16N2O4/c1-2-22-17(21)16(20)19-9-3-4-11-23-14-8-7-13-6-5-10-18-15(13)12-14/h5-8,10,12H,2,9,11H2,1H3,(H,19,20). The van der Waals surface area contributed by atoms with Crippen LogP contribution in [0.1, 0.15) is 6.92 Å². The summed E-state index contributed by atoms with van der Waals surface area (Å²) in [5.74, 6) is 4.40. The maximum Gasteiger partial charge on any atom is 0.396 e. The van der Waals surface area contributed by atoms with Crippen LogP contribution in [0.2, 0.25) is 0 Å². The van der Waals surface area contributed by atoms with Crippen molar-refractivity contribution in [2.45, 2.75) is 6.92 Å². The molecule has 0 saturated carbocycles. The fourth-order valence-corrected chi connectivity index (χ4v) is 1.76. The summed E-state index contributed by atoms with van der Waals surface area (Å²) < 4.78 is 10.0. The molecule has 2 rings (SSSR count). The molecular formula is C17H16N2O4. The van der Waals surface area contributed by atoms with E-state index < -0.39 is 11.9 Å². The number of carbonyl (C=O) groups is 2. The maximum absolute atomic E-state index is 11.2. The van der Waals surface area contributed by atoms with E-state index in [1.807, 2.05) is 30.3 Å². The third-order valence-corrected chi connectivity index (χ3v) is 2.81. The summed E-state index contributed by atoms with van der Waals surface area (Å²) in [5, 5.41) is 3.37. The number of ether oxygens (including phenoxy) is 2. The topological polar surface area (TPSA) is 77.5 Å². The van der Waals surface area contributed by atoms with Gasteiger partial charge in [0.05, 0.1) is 18.7 Å². The molecule has 0 aliphatic rings. The van der Waals surface area contributed by atoms with E-state index in [0.717, 1.165) is 10.9 Å². The SMILES string of the molecule is CCOC(=O)C(=O)NCC#CCOc1ccc2cccnc2c1. The number of fused-ring (bicyclic) bond motifs is 1. The van der Waals surface area contributed by atoms with E-state index in [-0.39, 0.29) is 19.8 Å². The summed E-state index contributed by atoms with van der Waals surface area (Å²) in [6.07, 6.45) is 1.72.